The van der Waals surface area contributed by atoms with E-state index in [0.29, 0.717) is 12.1 Å². The van der Waals surface area contributed by atoms with Crippen LogP contribution in [0.3, 0.4) is 0 Å². The minimum absolute atomic E-state index is 0.392. The smallest absolute Gasteiger partial charge is 0.475 e. The molecule has 0 aliphatic heterocycles. The summed E-state index contributed by atoms with van der Waals surface area (Å²) < 4.78 is 36.9. The van der Waals surface area contributed by atoms with Crippen LogP contribution in [0.15, 0.2) is 0 Å². The zero-order valence-corrected chi connectivity index (χ0v) is 8.96. The lowest BCUT2D eigenvalue weighted by molar-refractivity contribution is -0.192. The molecule has 1 aliphatic rings. The number of methoxy groups -OCH3 is 1. The normalized spacial score (nSPS) is 25.6. The summed E-state index contributed by atoms with van der Waals surface area (Å²) in [5.41, 5.74) is 5.72. The maximum Gasteiger partial charge on any atom is 0.490 e. The van der Waals surface area contributed by atoms with Crippen LogP contribution in [0, 0.1) is 0 Å². The van der Waals surface area contributed by atoms with Crippen LogP contribution in [0.25, 0.3) is 0 Å². The number of alkyl halides is 3. The van der Waals surface area contributed by atoms with Gasteiger partial charge < -0.3 is 15.6 Å². The van der Waals surface area contributed by atoms with E-state index in [4.69, 9.17) is 20.4 Å². The average Bonchev–Trinajstić information content (AvgIpc) is 2.17. The van der Waals surface area contributed by atoms with Gasteiger partial charge in [-0.1, -0.05) is 0 Å². The molecule has 96 valence electrons. The van der Waals surface area contributed by atoms with Crippen LogP contribution >= 0.6 is 0 Å². The summed E-state index contributed by atoms with van der Waals surface area (Å²) in [6.45, 7) is 0. The van der Waals surface area contributed by atoms with Crippen molar-refractivity contribution in [3.63, 3.8) is 0 Å². The van der Waals surface area contributed by atoms with Crippen molar-refractivity contribution in [3.05, 3.63) is 0 Å². The minimum atomic E-state index is -5.08. The van der Waals surface area contributed by atoms with Crippen LogP contribution < -0.4 is 5.73 Å². The molecule has 0 bridgehead atoms. The van der Waals surface area contributed by atoms with Gasteiger partial charge in [0.15, 0.2) is 0 Å². The van der Waals surface area contributed by atoms with E-state index < -0.39 is 12.1 Å². The van der Waals surface area contributed by atoms with Crippen molar-refractivity contribution in [3.8, 4) is 0 Å². The van der Waals surface area contributed by atoms with Gasteiger partial charge in [0.2, 0.25) is 0 Å². The van der Waals surface area contributed by atoms with Crippen molar-refractivity contribution in [1.29, 1.82) is 0 Å². The molecule has 0 saturated heterocycles. The number of rotatable bonds is 1. The number of carboxylic acids is 1. The SMILES string of the molecule is CO[C@H]1CCC[C@@H](N)C1.O=C(O)C(F)(F)F. The Kier molecular flexibility index (Phi) is 6.35. The van der Waals surface area contributed by atoms with Crippen LogP contribution in [-0.4, -0.2) is 36.5 Å². The van der Waals surface area contributed by atoms with Crippen molar-refractivity contribution in [2.45, 2.75) is 44.0 Å². The Morgan fingerprint density at radius 1 is 1.44 bits per heavy atom. The fraction of sp³-hybridized carbons (Fsp3) is 0.889. The van der Waals surface area contributed by atoms with E-state index in [1.165, 1.54) is 19.3 Å². The number of aliphatic carboxylic acids is 1. The van der Waals surface area contributed by atoms with Gasteiger partial charge in [-0.25, -0.2) is 4.79 Å². The van der Waals surface area contributed by atoms with E-state index in [-0.39, 0.29) is 0 Å². The number of hydrogen-bond acceptors (Lipinski definition) is 3. The first-order valence-corrected chi connectivity index (χ1v) is 4.85. The van der Waals surface area contributed by atoms with Crippen LogP contribution in [0.5, 0.6) is 0 Å². The molecule has 1 rings (SSSR count). The van der Waals surface area contributed by atoms with Crippen molar-refractivity contribution < 1.29 is 27.8 Å². The molecule has 0 aromatic carbocycles. The summed E-state index contributed by atoms with van der Waals surface area (Å²) in [5, 5.41) is 7.12. The summed E-state index contributed by atoms with van der Waals surface area (Å²) in [6.07, 6.45) is 0.0222. The number of halogens is 3. The molecule has 0 unspecified atom stereocenters. The molecular formula is C9H16F3NO3. The molecular weight excluding hydrogens is 227 g/mol. The van der Waals surface area contributed by atoms with E-state index >= 15 is 0 Å². The number of nitrogens with two attached hydrogens (primary N) is 1. The molecule has 7 heteroatoms. The molecule has 3 N–H and O–H groups in total. The first kappa shape index (κ1) is 15.2. The lowest BCUT2D eigenvalue weighted by atomic mass is 9.94. The van der Waals surface area contributed by atoms with Gasteiger partial charge in [0.05, 0.1) is 6.10 Å². The lowest BCUT2D eigenvalue weighted by Crippen LogP contribution is -2.31. The van der Waals surface area contributed by atoms with Crippen molar-refractivity contribution in [2.75, 3.05) is 7.11 Å². The third-order valence-electron chi connectivity index (χ3n) is 2.24. The topological polar surface area (TPSA) is 72.5 Å². The summed E-state index contributed by atoms with van der Waals surface area (Å²) in [4.78, 5) is 8.90. The second-order valence-electron chi connectivity index (χ2n) is 3.59. The van der Waals surface area contributed by atoms with Gasteiger partial charge in [-0.3, -0.25) is 0 Å². The first-order chi connectivity index (χ1) is 7.27. The molecule has 2 atom stereocenters. The molecule has 0 heterocycles. The van der Waals surface area contributed by atoms with E-state index in [1.54, 1.807) is 7.11 Å². The summed E-state index contributed by atoms with van der Waals surface area (Å²) in [6, 6.07) is 0.392. The van der Waals surface area contributed by atoms with Crippen LogP contribution in [0.1, 0.15) is 25.7 Å². The van der Waals surface area contributed by atoms with Crippen LogP contribution in [0.4, 0.5) is 13.2 Å². The van der Waals surface area contributed by atoms with Crippen LogP contribution in [-0.2, 0) is 9.53 Å². The highest BCUT2D eigenvalue weighted by atomic mass is 19.4. The Balaban J connectivity index is 0.000000293. The maximum absolute atomic E-state index is 10.6. The van der Waals surface area contributed by atoms with Crippen molar-refractivity contribution in [1.82, 2.24) is 0 Å². The van der Waals surface area contributed by atoms with Gasteiger partial charge in [-0.05, 0) is 25.7 Å². The van der Waals surface area contributed by atoms with E-state index in [2.05, 4.69) is 0 Å². The second-order valence-corrected chi connectivity index (χ2v) is 3.59. The third-order valence-corrected chi connectivity index (χ3v) is 2.24. The standard InChI is InChI=1S/C7H15NO.C2HF3O2/c1-9-7-4-2-3-6(8)5-7;3-2(4,5)1(6)7/h6-7H,2-5,8H2,1H3;(H,6,7)/t6-,7+;/m1./s1. The fourth-order valence-electron chi connectivity index (χ4n) is 1.40. The predicted octanol–water partition coefficient (Wildman–Crippen LogP) is 1.54. The van der Waals surface area contributed by atoms with Crippen molar-refractivity contribution in [2.24, 2.45) is 5.73 Å². The Morgan fingerprint density at radius 3 is 2.19 bits per heavy atom. The Hall–Kier alpha value is -0.820. The van der Waals surface area contributed by atoms with E-state index in [0.717, 1.165) is 6.42 Å². The number of hydrogen-bond donors (Lipinski definition) is 2. The summed E-state index contributed by atoms with van der Waals surface area (Å²) in [5.74, 6) is -2.76. The zero-order valence-electron chi connectivity index (χ0n) is 8.96. The first-order valence-electron chi connectivity index (χ1n) is 4.85. The van der Waals surface area contributed by atoms with E-state index in [1.807, 2.05) is 0 Å². The highest BCUT2D eigenvalue weighted by Crippen LogP contribution is 2.18. The molecule has 1 saturated carbocycles. The Morgan fingerprint density at radius 2 is 1.94 bits per heavy atom. The van der Waals surface area contributed by atoms with Gasteiger partial charge in [-0.15, -0.1) is 0 Å². The van der Waals surface area contributed by atoms with E-state index in [9.17, 15) is 13.2 Å². The second kappa shape index (κ2) is 6.70. The molecule has 4 nitrogen and oxygen atoms in total. The quantitative estimate of drug-likeness (QED) is 0.732. The summed E-state index contributed by atoms with van der Waals surface area (Å²) >= 11 is 0. The van der Waals surface area contributed by atoms with Gasteiger partial charge in [0, 0.05) is 13.2 Å². The maximum atomic E-state index is 10.6. The highest BCUT2D eigenvalue weighted by Gasteiger charge is 2.38. The zero-order chi connectivity index (χ0) is 12.8. The molecule has 1 fully saturated rings. The number of carboxylic acid groups (broad SMARTS) is 1. The Bertz CT molecular complexity index is 221. The third kappa shape index (κ3) is 6.62. The molecule has 0 radical (unpaired) electrons. The molecule has 0 spiro atoms. The molecule has 0 aromatic rings. The number of carbonyl (C=O) groups is 1. The van der Waals surface area contributed by atoms with Gasteiger partial charge >= 0.3 is 12.1 Å². The largest absolute Gasteiger partial charge is 0.490 e. The van der Waals surface area contributed by atoms with Gasteiger partial charge in [0.1, 0.15) is 0 Å². The monoisotopic (exact) mass is 243 g/mol. The molecule has 0 aromatic heterocycles. The minimum Gasteiger partial charge on any atom is -0.475 e. The Labute approximate surface area is 91.6 Å². The van der Waals surface area contributed by atoms with Crippen LogP contribution in [0.2, 0.25) is 0 Å². The number of ether oxygens (including phenoxy) is 1. The van der Waals surface area contributed by atoms with Gasteiger partial charge in [-0.2, -0.15) is 13.2 Å². The summed E-state index contributed by atoms with van der Waals surface area (Å²) in [7, 11) is 1.77. The molecule has 0 amide bonds. The lowest BCUT2D eigenvalue weighted by Gasteiger charge is -2.24. The molecule has 16 heavy (non-hydrogen) atoms. The highest BCUT2D eigenvalue weighted by molar-refractivity contribution is 5.73. The predicted molar refractivity (Wildman–Crippen MR) is 50.9 cm³/mol. The van der Waals surface area contributed by atoms with Crippen molar-refractivity contribution >= 4 is 5.97 Å². The molecule has 1 aliphatic carbocycles. The van der Waals surface area contributed by atoms with Gasteiger partial charge in [0.25, 0.3) is 0 Å². The fourth-order valence-corrected chi connectivity index (χ4v) is 1.40. The average molecular weight is 243 g/mol.